The summed E-state index contributed by atoms with van der Waals surface area (Å²) in [4.78, 5) is 19.2. The highest BCUT2D eigenvalue weighted by atomic mass is 35.5. The summed E-state index contributed by atoms with van der Waals surface area (Å²) < 4.78 is 0. The molecule has 0 bridgehead atoms. The second kappa shape index (κ2) is 4.71. The van der Waals surface area contributed by atoms with Crippen LogP contribution < -0.4 is 5.56 Å². The van der Waals surface area contributed by atoms with Crippen LogP contribution in [-0.4, -0.2) is 26.4 Å². The summed E-state index contributed by atoms with van der Waals surface area (Å²) in [6, 6.07) is 7.22. The summed E-state index contributed by atoms with van der Waals surface area (Å²) in [6.45, 7) is 0. The fraction of sp³-hybridized carbons (Fsp3) is 0.0833. The number of halogens is 1. The van der Waals surface area contributed by atoms with Gasteiger partial charge in [-0.25, -0.2) is 4.98 Å². The topological polar surface area (TPSA) is 74.4 Å². The van der Waals surface area contributed by atoms with E-state index in [-0.39, 0.29) is 5.56 Å². The van der Waals surface area contributed by atoms with E-state index in [0.717, 1.165) is 0 Å². The largest absolute Gasteiger partial charge is 0.306 e. The lowest BCUT2D eigenvalue weighted by Crippen LogP contribution is -2.09. The molecule has 2 heterocycles. The molecule has 0 spiro atoms. The minimum Gasteiger partial charge on any atom is -0.306 e. The minimum absolute atomic E-state index is 0.224. The average molecular weight is 293 g/mol. The Morgan fingerprint density at radius 2 is 2.11 bits per heavy atom. The number of aromatic nitrogens is 4. The lowest BCUT2D eigenvalue weighted by molar-refractivity contribution is 1.02. The van der Waals surface area contributed by atoms with E-state index in [0.29, 0.717) is 32.5 Å². The zero-order chi connectivity index (χ0) is 13.4. The zero-order valence-corrected chi connectivity index (χ0v) is 11.5. The van der Waals surface area contributed by atoms with Crippen LogP contribution in [0.3, 0.4) is 0 Å². The van der Waals surface area contributed by atoms with Crippen molar-refractivity contribution in [3.8, 4) is 11.4 Å². The molecule has 1 aromatic carbocycles. The average Bonchev–Trinajstić information content (AvgIpc) is 2.82. The Hall–Kier alpha value is -1.79. The highest BCUT2D eigenvalue weighted by molar-refractivity contribution is 7.98. The lowest BCUT2D eigenvalue weighted by Gasteiger charge is -2.02. The third-order valence-corrected chi connectivity index (χ3v) is 3.73. The number of fused-ring (bicyclic) bond motifs is 1. The molecule has 19 heavy (non-hydrogen) atoms. The van der Waals surface area contributed by atoms with Crippen LogP contribution in [0, 0.1) is 0 Å². The van der Waals surface area contributed by atoms with Gasteiger partial charge in [-0.2, -0.15) is 5.10 Å². The van der Waals surface area contributed by atoms with Crippen LogP contribution in [0.25, 0.3) is 22.4 Å². The molecule has 5 nitrogen and oxygen atoms in total. The summed E-state index contributed by atoms with van der Waals surface area (Å²) in [5, 5.41) is 8.46. The molecule has 0 aliphatic rings. The molecule has 0 amide bonds. The first kappa shape index (κ1) is 12.3. The van der Waals surface area contributed by atoms with Gasteiger partial charge in [0.25, 0.3) is 5.56 Å². The SMILES string of the molecule is CSc1n[nH]c2nc(-c3ccccc3Cl)[nH]c(=O)c12. The van der Waals surface area contributed by atoms with E-state index in [9.17, 15) is 4.79 Å². The molecule has 0 fully saturated rings. The van der Waals surface area contributed by atoms with Crippen molar-refractivity contribution in [1.82, 2.24) is 20.2 Å². The summed E-state index contributed by atoms with van der Waals surface area (Å²) in [7, 11) is 0. The highest BCUT2D eigenvalue weighted by Gasteiger charge is 2.13. The van der Waals surface area contributed by atoms with Crippen molar-refractivity contribution in [2.24, 2.45) is 0 Å². The Kier molecular flexibility index (Phi) is 3.04. The maximum absolute atomic E-state index is 12.1. The quantitative estimate of drug-likeness (QED) is 0.712. The van der Waals surface area contributed by atoms with Crippen molar-refractivity contribution in [3.05, 3.63) is 39.6 Å². The van der Waals surface area contributed by atoms with Gasteiger partial charge in [0.2, 0.25) is 0 Å². The van der Waals surface area contributed by atoms with E-state index < -0.39 is 0 Å². The number of thioether (sulfide) groups is 1. The van der Waals surface area contributed by atoms with Crippen LogP contribution >= 0.6 is 23.4 Å². The van der Waals surface area contributed by atoms with Gasteiger partial charge in [0.15, 0.2) is 5.65 Å². The van der Waals surface area contributed by atoms with Crippen LogP contribution in [0.4, 0.5) is 0 Å². The number of aromatic amines is 2. The first-order valence-electron chi connectivity index (χ1n) is 5.48. The predicted molar refractivity (Wildman–Crippen MR) is 76.7 cm³/mol. The molecule has 0 aliphatic carbocycles. The summed E-state index contributed by atoms with van der Waals surface area (Å²) in [6.07, 6.45) is 1.86. The molecule has 0 saturated carbocycles. The maximum atomic E-state index is 12.1. The second-order valence-electron chi connectivity index (χ2n) is 3.85. The van der Waals surface area contributed by atoms with Crippen LogP contribution in [0.15, 0.2) is 34.1 Å². The van der Waals surface area contributed by atoms with Gasteiger partial charge in [-0.15, -0.1) is 11.8 Å². The lowest BCUT2D eigenvalue weighted by atomic mass is 10.2. The van der Waals surface area contributed by atoms with Crippen LogP contribution in [0.2, 0.25) is 5.02 Å². The molecule has 3 aromatic rings. The van der Waals surface area contributed by atoms with E-state index in [2.05, 4.69) is 20.2 Å². The summed E-state index contributed by atoms with van der Waals surface area (Å²) >= 11 is 7.50. The van der Waals surface area contributed by atoms with Gasteiger partial charge in [-0.3, -0.25) is 9.89 Å². The Morgan fingerprint density at radius 3 is 2.84 bits per heavy atom. The molecular formula is C12H9ClN4OS. The van der Waals surface area contributed by atoms with Crippen molar-refractivity contribution < 1.29 is 0 Å². The Bertz CT molecular complexity index is 811. The van der Waals surface area contributed by atoms with E-state index in [1.807, 2.05) is 18.4 Å². The molecule has 3 rings (SSSR count). The Balaban J connectivity index is 2.28. The van der Waals surface area contributed by atoms with Gasteiger partial charge in [-0.1, -0.05) is 23.7 Å². The van der Waals surface area contributed by atoms with E-state index in [1.54, 1.807) is 12.1 Å². The van der Waals surface area contributed by atoms with Crippen molar-refractivity contribution >= 4 is 34.4 Å². The van der Waals surface area contributed by atoms with E-state index >= 15 is 0 Å². The number of hydrogen-bond donors (Lipinski definition) is 2. The maximum Gasteiger partial charge on any atom is 0.263 e. The second-order valence-corrected chi connectivity index (χ2v) is 5.05. The van der Waals surface area contributed by atoms with E-state index in [1.165, 1.54) is 11.8 Å². The molecule has 96 valence electrons. The summed E-state index contributed by atoms with van der Waals surface area (Å²) in [5.41, 5.74) is 0.921. The number of rotatable bonds is 2. The third kappa shape index (κ3) is 2.02. The van der Waals surface area contributed by atoms with Crippen molar-refractivity contribution in [2.75, 3.05) is 6.26 Å². The normalized spacial score (nSPS) is 11.1. The minimum atomic E-state index is -0.224. The fourth-order valence-corrected chi connectivity index (χ4v) is 2.60. The molecule has 2 N–H and O–H groups in total. The molecule has 2 aromatic heterocycles. The molecule has 0 unspecified atom stereocenters. The summed E-state index contributed by atoms with van der Waals surface area (Å²) in [5.74, 6) is 0.430. The van der Waals surface area contributed by atoms with Crippen molar-refractivity contribution in [3.63, 3.8) is 0 Å². The fourth-order valence-electron chi connectivity index (χ4n) is 1.84. The zero-order valence-electron chi connectivity index (χ0n) is 9.90. The number of benzene rings is 1. The number of nitrogens with zero attached hydrogens (tertiary/aromatic N) is 2. The molecule has 0 aliphatic heterocycles. The highest BCUT2D eigenvalue weighted by Crippen LogP contribution is 2.25. The first-order valence-corrected chi connectivity index (χ1v) is 7.08. The van der Waals surface area contributed by atoms with E-state index in [4.69, 9.17) is 11.6 Å². The van der Waals surface area contributed by atoms with Gasteiger partial charge < -0.3 is 4.98 Å². The monoisotopic (exact) mass is 292 g/mol. The molecule has 0 radical (unpaired) electrons. The predicted octanol–water partition coefficient (Wildman–Crippen LogP) is 2.69. The van der Waals surface area contributed by atoms with Gasteiger partial charge in [0, 0.05) is 5.56 Å². The molecule has 7 heteroatoms. The standard InChI is InChI=1S/C12H9ClN4OS/c1-19-12-8-10(16-17-12)14-9(15-11(8)18)6-4-2-3-5-7(6)13/h2-5H,1H3,(H2,14,15,16,17,18). The van der Waals surface area contributed by atoms with Gasteiger partial charge in [0.1, 0.15) is 16.2 Å². The van der Waals surface area contributed by atoms with Crippen LogP contribution in [0.5, 0.6) is 0 Å². The number of hydrogen-bond acceptors (Lipinski definition) is 4. The molecular weight excluding hydrogens is 284 g/mol. The van der Waals surface area contributed by atoms with Crippen LogP contribution in [0.1, 0.15) is 0 Å². The third-order valence-electron chi connectivity index (χ3n) is 2.72. The van der Waals surface area contributed by atoms with Crippen molar-refractivity contribution in [1.29, 1.82) is 0 Å². The van der Waals surface area contributed by atoms with Gasteiger partial charge in [0.05, 0.1) is 5.02 Å². The van der Waals surface area contributed by atoms with Gasteiger partial charge >= 0.3 is 0 Å². The number of H-pyrrole nitrogens is 2. The number of nitrogens with one attached hydrogen (secondary N) is 2. The van der Waals surface area contributed by atoms with Crippen LogP contribution in [-0.2, 0) is 0 Å². The first-order chi connectivity index (χ1) is 9.20. The molecule has 0 saturated heterocycles. The smallest absolute Gasteiger partial charge is 0.263 e. The van der Waals surface area contributed by atoms with Gasteiger partial charge in [-0.05, 0) is 18.4 Å². The van der Waals surface area contributed by atoms with Crippen molar-refractivity contribution in [2.45, 2.75) is 5.03 Å². The Morgan fingerprint density at radius 1 is 1.32 bits per heavy atom. The molecule has 0 atom stereocenters. The Labute approximate surface area is 117 Å².